The highest BCUT2D eigenvalue weighted by Gasteiger charge is 2.03. The molecule has 0 aromatic carbocycles. The Morgan fingerprint density at radius 1 is 1.10 bits per heavy atom. The molecule has 0 heterocycles. The third-order valence-electron chi connectivity index (χ3n) is 0.805. The lowest BCUT2D eigenvalue weighted by molar-refractivity contribution is -0.159. The van der Waals surface area contributed by atoms with Crippen LogP contribution in [0.1, 0.15) is 26.7 Å². The van der Waals surface area contributed by atoms with E-state index in [9.17, 15) is 9.59 Å². The summed E-state index contributed by atoms with van der Waals surface area (Å²) in [4.78, 5) is 20.7. The minimum absolute atomic E-state index is 0. The standard InChI is InChI=1S/C6H10O3.FH/c1-3-5(7)9-6(8)4-2;/h3-4H2,1-2H3;1H. The zero-order chi connectivity index (χ0) is 7.28. The van der Waals surface area contributed by atoms with Gasteiger partial charge in [0.1, 0.15) is 0 Å². The molecule has 0 atom stereocenters. The fourth-order valence-electron chi connectivity index (χ4n) is 0.271. The number of rotatable bonds is 2. The van der Waals surface area contributed by atoms with Gasteiger partial charge in [0.15, 0.2) is 0 Å². The molecule has 0 bridgehead atoms. The molecule has 10 heavy (non-hydrogen) atoms. The maximum Gasteiger partial charge on any atom is 0.313 e. The second-order valence-corrected chi connectivity index (χ2v) is 1.55. The van der Waals surface area contributed by atoms with Gasteiger partial charge in [-0.15, -0.1) is 0 Å². The SMILES string of the molecule is CCC(=O)OC(=O)CC.F. The third-order valence-corrected chi connectivity index (χ3v) is 0.805. The molecule has 4 heteroatoms. The lowest BCUT2D eigenvalue weighted by atomic mass is 10.5. The summed E-state index contributed by atoms with van der Waals surface area (Å²) in [5.74, 6) is -0.913. The van der Waals surface area contributed by atoms with Crippen molar-refractivity contribution in [3.63, 3.8) is 0 Å². The molecule has 0 rings (SSSR count). The minimum atomic E-state index is -0.457. The topological polar surface area (TPSA) is 43.4 Å². The molecule has 0 unspecified atom stereocenters. The van der Waals surface area contributed by atoms with E-state index in [0.717, 1.165) is 0 Å². The second-order valence-electron chi connectivity index (χ2n) is 1.55. The van der Waals surface area contributed by atoms with Crippen molar-refractivity contribution in [2.75, 3.05) is 0 Å². The van der Waals surface area contributed by atoms with E-state index in [1.54, 1.807) is 13.8 Å². The van der Waals surface area contributed by atoms with Gasteiger partial charge in [0.2, 0.25) is 0 Å². The smallest absolute Gasteiger partial charge is 0.313 e. The van der Waals surface area contributed by atoms with Crippen LogP contribution in [0.3, 0.4) is 0 Å². The number of ether oxygens (including phenoxy) is 1. The molecule has 0 aromatic rings. The van der Waals surface area contributed by atoms with E-state index in [4.69, 9.17) is 0 Å². The first-order valence-electron chi connectivity index (χ1n) is 2.94. The van der Waals surface area contributed by atoms with E-state index in [1.807, 2.05) is 0 Å². The summed E-state index contributed by atoms with van der Waals surface area (Å²) in [6.07, 6.45) is 0.511. The molecule has 0 aliphatic rings. The molecular formula is C6H11FO3. The number of carbonyl (C=O) groups excluding carboxylic acids is 2. The van der Waals surface area contributed by atoms with Crippen LogP contribution in [0.5, 0.6) is 0 Å². The quantitative estimate of drug-likeness (QED) is 0.436. The van der Waals surface area contributed by atoms with Crippen LogP contribution in [0.15, 0.2) is 0 Å². The first-order chi connectivity index (χ1) is 4.20. The molecule has 0 spiro atoms. The van der Waals surface area contributed by atoms with Gasteiger partial charge >= 0.3 is 11.9 Å². The Morgan fingerprint density at radius 3 is 1.60 bits per heavy atom. The highest BCUT2D eigenvalue weighted by Crippen LogP contribution is 1.88. The number of halogens is 1. The molecule has 0 aromatic heterocycles. The fraction of sp³-hybridized carbons (Fsp3) is 0.667. The number of hydrogen-bond donors (Lipinski definition) is 0. The van der Waals surface area contributed by atoms with Gasteiger partial charge in [0.05, 0.1) is 0 Å². The van der Waals surface area contributed by atoms with Crippen LogP contribution in [0, 0.1) is 0 Å². The molecule has 0 saturated heterocycles. The largest absolute Gasteiger partial charge is 0.393 e. The Kier molecular flexibility index (Phi) is 7.32. The average molecular weight is 150 g/mol. The third kappa shape index (κ3) is 5.21. The molecule has 0 amide bonds. The highest BCUT2D eigenvalue weighted by atomic mass is 19.0. The number of hydrogen-bond acceptors (Lipinski definition) is 3. The van der Waals surface area contributed by atoms with Crippen molar-refractivity contribution in [2.24, 2.45) is 0 Å². The van der Waals surface area contributed by atoms with E-state index < -0.39 is 11.9 Å². The zero-order valence-electron chi connectivity index (χ0n) is 6.05. The molecule has 60 valence electrons. The lowest BCUT2D eigenvalue weighted by Gasteiger charge is -1.95. The van der Waals surface area contributed by atoms with Gasteiger partial charge in [-0.2, -0.15) is 0 Å². The predicted octanol–water partition coefficient (Wildman–Crippen LogP) is 1.03. The molecule has 0 N–H and O–H groups in total. The summed E-state index contributed by atoms with van der Waals surface area (Å²) in [7, 11) is 0. The van der Waals surface area contributed by atoms with Crippen molar-refractivity contribution < 1.29 is 19.0 Å². The summed E-state index contributed by atoms with van der Waals surface area (Å²) in [6.45, 7) is 3.29. The van der Waals surface area contributed by atoms with Crippen LogP contribution >= 0.6 is 0 Å². The Hall–Kier alpha value is -0.930. The Bertz CT molecular complexity index is 108. The monoisotopic (exact) mass is 150 g/mol. The van der Waals surface area contributed by atoms with Crippen molar-refractivity contribution >= 4 is 11.9 Å². The van der Waals surface area contributed by atoms with Gasteiger partial charge in [-0.05, 0) is 0 Å². The van der Waals surface area contributed by atoms with Crippen LogP contribution in [-0.4, -0.2) is 11.9 Å². The van der Waals surface area contributed by atoms with Crippen LogP contribution in [0.25, 0.3) is 0 Å². The van der Waals surface area contributed by atoms with Crippen molar-refractivity contribution in [3.8, 4) is 0 Å². The summed E-state index contributed by atoms with van der Waals surface area (Å²) < 4.78 is 4.27. The zero-order valence-corrected chi connectivity index (χ0v) is 6.05. The normalized spacial score (nSPS) is 7.80. The Morgan fingerprint density at radius 2 is 1.40 bits per heavy atom. The summed E-state index contributed by atoms with van der Waals surface area (Å²) in [5.41, 5.74) is 0. The molecule has 0 aliphatic carbocycles. The minimum Gasteiger partial charge on any atom is -0.393 e. The molecule has 3 nitrogen and oxygen atoms in total. The fourth-order valence-corrected chi connectivity index (χ4v) is 0.271. The lowest BCUT2D eigenvalue weighted by Crippen LogP contribution is -2.09. The van der Waals surface area contributed by atoms with Crippen molar-refractivity contribution in [1.82, 2.24) is 0 Å². The predicted molar refractivity (Wildman–Crippen MR) is 34.2 cm³/mol. The Labute approximate surface area is 58.7 Å². The van der Waals surface area contributed by atoms with Crippen molar-refractivity contribution in [3.05, 3.63) is 0 Å². The van der Waals surface area contributed by atoms with E-state index in [0.29, 0.717) is 0 Å². The van der Waals surface area contributed by atoms with Gasteiger partial charge in [-0.1, -0.05) is 13.8 Å². The van der Waals surface area contributed by atoms with E-state index in [-0.39, 0.29) is 17.5 Å². The van der Waals surface area contributed by atoms with Gasteiger partial charge in [0.25, 0.3) is 0 Å². The molecule has 0 aliphatic heterocycles. The molecule has 0 saturated carbocycles. The molecule has 0 fully saturated rings. The van der Waals surface area contributed by atoms with Gasteiger partial charge < -0.3 is 4.74 Å². The maximum absolute atomic E-state index is 10.3. The van der Waals surface area contributed by atoms with Gasteiger partial charge in [-0.25, -0.2) is 0 Å². The van der Waals surface area contributed by atoms with E-state index >= 15 is 0 Å². The number of carbonyl (C=O) groups is 2. The van der Waals surface area contributed by atoms with Crippen molar-refractivity contribution in [1.29, 1.82) is 0 Å². The van der Waals surface area contributed by atoms with Crippen molar-refractivity contribution in [2.45, 2.75) is 26.7 Å². The second kappa shape index (κ2) is 6.19. The highest BCUT2D eigenvalue weighted by molar-refractivity contribution is 5.84. The van der Waals surface area contributed by atoms with E-state index in [2.05, 4.69) is 4.74 Å². The van der Waals surface area contributed by atoms with Crippen LogP contribution < -0.4 is 0 Å². The summed E-state index contributed by atoms with van der Waals surface area (Å²) in [6, 6.07) is 0. The van der Waals surface area contributed by atoms with Crippen LogP contribution in [0.4, 0.5) is 4.70 Å². The summed E-state index contributed by atoms with van der Waals surface area (Å²) in [5, 5.41) is 0. The van der Waals surface area contributed by atoms with E-state index in [1.165, 1.54) is 0 Å². The van der Waals surface area contributed by atoms with Gasteiger partial charge in [0, 0.05) is 12.8 Å². The maximum atomic E-state index is 10.3. The first-order valence-corrected chi connectivity index (χ1v) is 2.94. The first kappa shape index (κ1) is 11.8. The van der Waals surface area contributed by atoms with Crippen LogP contribution in [0.2, 0.25) is 0 Å². The average Bonchev–Trinajstić information content (AvgIpc) is 1.87. The molecule has 0 radical (unpaired) electrons. The Balaban J connectivity index is 0. The molecular weight excluding hydrogens is 139 g/mol. The summed E-state index contributed by atoms with van der Waals surface area (Å²) >= 11 is 0. The number of esters is 2. The van der Waals surface area contributed by atoms with Gasteiger partial charge in [-0.3, -0.25) is 14.3 Å². The van der Waals surface area contributed by atoms with Crippen LogP contribution in [-0.2, 0) is 14.3 Å².